The fourth-order valence-electron chi connectivity index (χ4n) is 3.49. The van der Waals surface area contributed by atoms with Crippen LogP contribution in [0, 0.1) is 11.2 Å². The lowest BCUT2D eigenvalue weighted by atomic mass is 9.74. The van der Waals surface area contributed by atoms with Crippen LogP contribution in [0.3, 0.4) is 0 Å². The lowest BCUT2D eigenvalue weighted by Crippen LogP contribution is -2.33. The van der Waals surface area contributed by atoms with Gasteiger partial charge in [-0.2, -0.15) is 0 Å². The second-order valence-electron chi connectivity index (χ2n) is 6.73. The Kier molecular flexibility index (Phi) is 3.33. The molecule has 1 heterocycles. The van der Waals surface area contributed by atoms with Crippen molar-refractivity contribution >= 4 is 10.9 Å². The van der Waals surface area contributed by atoms with Crippen LogP contribution in [0.2, 0.25) is 0 Å². The maximum absolute atomic E-state index is 14.0. The summed E-state index contributed by atoms with van der Waals surface area (Å²) in [5, 5.41) is 4.68. The highest BCUT2D eigenvalue weighted by Gasteiger charge is 2.34. The van der Waals surface area contributed by atoms with Gasteiger partial charge in [-0.1, -0.05) is 32.9 Å². The molecule has 0 aliphatic heterocycles. The first-order chi connectivity index (χ1) is 9.52. The van der Waals surface area contributed by atoms with Crippen LogP contribution in [-0.2, 0) is 6.42 Å². The first-order valence-electron chi connectivity index (χ1n) is 7.54. The van der Waals surface area contributed by atoms with Crippen LogP contribution in [0.4, 0.5) is 4.39 Å². The van der Waals surface area contributed by atoms with Crippen molar-refractivity contribution in [2.24, 2.45) is 5.41 Å². The van der Waals surface area contributed by atoms with E-state index in [2.05, 4.69) is 31.1 Å². The number of aromatic amines is 1. The summed E-state index contributed by atoms with van der Waals surface area (Å²) in [6.07, 6.45) is 3.20. The van der Waals surface area contributed by atoms with Crippen molar-refractivity contribution in [1.29, 1.82) is 0 Å². The Morgan fingerprint density at radius 3 is 2.95 bits per heavy atom. The molecule has 3 rings (SSSR count). The topological polar surface area (TPSA) is 27.8 Å². The minimum absolute atomic E-state index is 0.149. The third-order valence-electron chi connectivity index (χ3n) is 4.31. The summed E-state index contributed by atoms with van der Waals surface area (Å²) in [7, 11) is 0. The smallest absolute Gasteiger partial charge is 0.147 e. The first-order valence-corrected chi connectivity index (χ1v) is 7.54. The van der Waals surface area contributed by atoms with E-state index in [1.807, 2.05) is 12.1 Å². The summed E-state index contributed by atoms with van der Waals surface area (Å²) in [6.45, 7) is 7.76. The third-order valence-corrected chi connectivity index (χ3v) is 4.31. The summed E-state index contributed by atoms with van der Waals surface area (Å²) >= 11 is 0. The van der Waals surface area contributed by atoms with Gasteiger partial charge in [0.15, 0.2) is 0 Å². The van der Waals surface area contributed by atoms with Crippen molar-refractivity contribution in [3.8, 4) is 0 Å². The van der Waals surface area contributed by atoms with Gasteiger partial charge in [0, 0.05) is 17.1 Å². The van der Waals surface area contributed by atoms with Crippen molar-refractivity contribution in [3.05, 3.63) is 35.3 Å². The second kappa shape index (κ2) is 4.88. The van der Waals surface area contributed by atoms with E-state index >= 15 is 0 Å². The van der Waals surface area contributed by atoms with Gasteiger partial charge in [0.25, 0.3) is 0 Å². The van der Waals surface area contributed by atoms with E-state index in [1.165, 1.54) is 17.3 Å². The van der Waals surface area contributed by atoms with Crippen LogP contribution in [-0.4, -0.2) is 11.5 Å². The van der Waals surface area contributed by atoms with E-state index in [0.717, 1.165) is 31.2 Å². The number of halogens is 1. The molecule has 0 fully saturated rings. The number of hydrogen-bond acceptors (Lipinski definition) is 1. The van der Waals surface area contributed by atoms with Crippen LogP contribution in [0.1, 0.15) is 50.9 Å². The summed E-state index contributed by atoms with van der Waals surface area (Å²) < 4.78 is 14.0. The Bertz CT molecular complexity index is 627. The number of para-hydroxylation sites is 1. The summed E-state index contributed by atoms with van der Waals surface area (Å²) in [6, 6.07) is 5.70. The Morgan fingerprint density at radius 1 is 1.40 bits per heavy atom. The first kappa shape index (κ1) is 13.6. The molecule has 3 heteroatoms. The molecule has 20 heavy (non-hydrogen) atoms. The van der Waals surface area contributed by atoms with Crippen LogP contribution >= 0.6 is 0 Å². The Morgan fingerprint density at radius 2 is 2.20 bits per heavy atom. The van der Waals surface area contributed by atoms with E-state index in [9.17, 15) is 4.39 Å². The molecule has 108 valence electrons. The van der Waals surface area contributed by atoms with Gasteiger partial charge in [0.1, 0.15) is 5.82 Å². The highest BCUT2D eigenvalue weighted by atomic mass is 19.1. The second-order valence-corrected chi connectivity index (χ2v) is 6.73. The molecular formula is C17H23FN2. The fourth-order valence-corrected chi connectivity index (χ4v) is 3.49. The van der Waals surface area contributed by atoms with Crippen molar-refractivity contribution in [2.75, 3.05) is 6.54 Å². The van der Waals surface area contributed by atoms with Gasteiger partial charge in [-0.05, 0) is 42.9 Å². The molecule has 2 nitrogen and oxygen atoms in total. The van der Waals surface area contributed by atoms with E-state index in [4.69, 9.17) is 0 Å². The minimum Gasteiger partial charge on any atom is -0.356 e. The predicted octanol–water partition coefficient (Wildman–Crippen LogP) is 4.32. The molecule has 0 saturated carbocycles. The molecule has 1 aromatic carbocycles. The van der Waals surface area contributed by atoms with Gasteiger partial charge in [-0.3, -0.25) is 0 Å². The Hall–Kier alpha value is -1.35. The van der Waals surface area contributed by atoms with Gasteiger partial charge in [0.05, 0.1) is 5.52 Å². The van der Waals surface area contributed by atoms with Crippen molar-refractivity contribution in [1.82, 2.24) is 10.3 Å². The van der Waals surface area contributed by atoms with Gasteiger partial charge >= 0.3 is 0 Å². The lowest BCUT2D eigenvalue weighted by Gasteiger charge is -2.36. The molecule has 1 unspecified atom stereocenters. The lowest BCUT2D eigenvalue weighted by molar-refractivity contribution is 0.257. The molecule has 2 aromatic rings. The fraction of sp³-hybridized carbons (Fsp3) is 0.529. The van der Waals surface area contributed by atoms with Crippen LogP contribution < -0.4 is 5.32 Å². The zero-order valence-electron chi connectivity index (χ0n) is 12.5. The van der Waals surface area contributed by atoms with E-state index in [1.54, 1.807) is 0 Å². The molecule has 0 saturated heterocycles. The van der Waals surface area contributed by atoms with Gasteiger partial charge in [-0.15, -0.1) is 0 Å². The SMILES string of the molecule is CCCNC1CC(C)(C)Cc2[nH]c3c(F)cccc3c21. The maximum atomic E-state index is 14.0. The van der Waals surface area contributed by atoms with Crippen LogP contribution in [0.5, 0.6) is 0 Å². The number of nitrogens with one attached hydrogen (secondary N) is 2. The molecule has 1 aliphatic rings. The van der Waals surface area contributed by atoms with E-state index < -0.39 is 0 Å². The van der Waals surface area contributed by atoms with Gasteiger partial charge in [0.2, 0.25) is 0 Å². The zero-order chi connectivity index (χ0) is 14.3. The molecular weight excluding hydrogens is 251 g/mol. The standard InChI is InChI=1S/C17H23FN2/c1-4-8-19-13-9-17(2,3)10-14-15(13)11-6-5-7-12(18)16(11)20-14/h5-7,13,19-20H,4,8-10H2,1-3H3. The van der Waals surface area contributed by atoms with Crippen molar-refractivity contribution < 1.29 is 4.39 Å². The van der Waals surface area contributed by atoms with Gasteiger partial charge < -0.3 is 10.3 Å². The third kappa shape index (κ3) is 2.24. The Labute approximate surface area is 119 Å². The summed E-state index contributed by atoms with van der Waals surface area (Å²) in [4.78, 5) is 3.33. The largest absolute Gasteiger partial charge is 0.356 e. The number of H-pyrrole nitrogens is 1. The normalized spacial score (nSPS) is 21.1. The molecule has 0 bridgehead atoms. The molecule has 0 amide bonds. The zero-order valence-corrected chi connectivity index (χ0v) is 12.5. The van der Waals surface area contributed by atoms with Crippen molar-refractivity contribution in [2.45, 2.75) is 46.1 Å². The molecule has 2 N–H and O–H groups in total. The highest BCUT2D eigenvalue weighted by Crippen LogP contribution is 2.43. The Balaban J connectivity index is 2.13. The van der Waals surface area contributed by atoms with Crippen molar-refractivity contribution in [3.63, 3.8) is 0 Å². The number of fused-ring (bicyclic) bond motifs is 3. The summed E-state index contributed by atoms with van der Waals surface area (Å²) in [5.74, 6) is -0.149. The number of aromatic nitrogens is 1. The molecule has 1 atom stereocenters. The maximum Gasteiger partial charge on any atom is 0.147 e. The predicted molar refractivity (Wildman–Crippen MR) is 81.4 cm³/mol. The molecule has 0 spiro atoms. The monoisotopic (exact) mass is 274 g/mol. The van der Waals surface area contributed by atoms with E-state index in [0.29, 0.717) is 11.6 Å². The molecule has 0 radical (unpaired) electrons. The summed E-state index contributed by atoms with van der Waals surface area (Å²) in [5.41, 5.74) is 3.40. The van der Waals surface area contributed by atoms with Crippen LogP contribution in [0.15, 0.2) is 18.2 Å². The average molecular weight is 274 g/mol. The van der Waals surface area contributed by atoms with E-state index in [-0.39, 0.29) is 11.2 Å². The minimum atomic E-state index is -0.149. The number of rotatable bonds is 3. The highest BCUT2D eigenvalue weighted by molar-refractivity contribution is 5.86. The number of benzene rings is 1. The number of hydrogen-bond donors (Lipinski definition) is 2. The quantitative estimate of drug-likeness (QED) is 0.857. The molecule has 1 aromatic heterocycles. The van der Waals surface area contributed by atoms with Crippen LogP contribution in [0.25, 0.3) is 10.9 Å². The molecule has 1 aliphatic carbocycles. The average Bonchev–Trinajstić information content (AvgIpc) is 2.74. The van der Waals surface area contributed by atoms with Gasteiger partial charge in [-0.25, -0.2) is 4.39 Å².